The first-order valence-electron chi connectivity index (χ1n) is 33.3. The van der Waals surface area contributed by atoms with Crippen molar-refractivity contribution in [3.05, 3.63) is 60.8 Å². The van der Waals surface area contributed by atoms with Crippen LogP contribution in [-0.4, -0.2) is 37.2 Å². The molecular formula is C70H126O6. The van der Waals surface area contributed by atoms with E-state index in [0.29, 0.717) is 19.3 Å². The van der Waals surface area contributed by atoms with Crippen molar-refractivity contribution in [3.63, 3.8) is 0 Å². The largest absolute Gasteiger partial charge is 0.462 e. The zero-order valence-corrected chi connectivity index (χ0v) is 50.8. The van der Waals surface area contributed by atoms with Gasteiger partial charge in [-0.05, 0) is 83.5 Å². The van der Waals surface area contributed by atoms with E-state index in [1.807, 2.05) is 0 Å². The molecule has 0 radical (unpaired) electrons. The first kappa shape index (κ1) is 73.1. The quantitative estimate of drug-likeness (QED) is 0.0261. The maximum absolute atomic E-state index is 12.9. The lowest BCUT2D eigenvalue weighted by molar-refractivity contribution is -0.167. The first-order valence-corrected chi connectivity index (χ1v) is 33.3. The molecule has 0 heterocycles. The van der Waals surface area contributed by atoms with Crippen LogP contribution in [0.1, 0.15) is 348 Å². The van der Waals surface area contributed by atoms with Crippen molar-refractivity contribution in [2.24, 2.45) is 0 Å². The van der Waals surface area contributed by atoms with Gasteiger partial charge in [0.25, 0.3) is 0 Å². The van der Waals surface area contributed by atoms with Gasteiger partial charge in [-0.2, -0.15) is 0 Å². The first-order chi connectivity index (χ1) is 37.5. The Morgan fingerprint density at radius 1 is 0.276 bits per heavy atom. The summed E-state index contributed by atoms with van der Waals surface area (Å²) in [5.74, 6) is -0.873. The molecule has 0 saturated carbocycles. The standard InChI is InChI=1S/C70H126O6/c1-4-7-10-13-16-19-22-25-28-30-32-33-34-35-36-37-38-40-42-45-48-51-54-57-60-63-69(72)75-66-67(65-74-68(71)62-59-56-53-50-47-44-41-27-24-21-18-15-12-9-6-3)76-70(73)64-61-58-55-52-49-46-43-39-31-29-26-23-20-17-14-11-8-5-2/h9,12,18,21-22,25,27,30,32,41,67H,4-8,10-11,13-17,19-20,23-24,26,28-29,31,33-40,42-66H2,1-3H3/b12-9-,21-18-,25-22-,32-30-,41-27-. The van der Waals surface area contributed by atoms with Gasteiger partial charge < -0.3 is 14.2 Å². The van der Waals surface area contributed by atoms with Crippen LogP contribution in [0, 0.1) is 0 Å². The number of ether oxygens (including phenoxy) is 3. The Bertz CT molecular complexity index is 1360. The van der Waals surface area contributed by atoms with Gasteiger partial charge in [-0.3, -0.25) is 14.4 Å². The molecule has 0 saturated heterocycles. The van der Waals surface area contributed by atoms with Crippen molar-refractivity contribution in [1.82, 2.24) is 0 Å². The monoisotopic (exact) mass is 1060 g/mol. The van der Waals surface area contributed by atoms with E-state index in [-0.39, 0.29) is 31.1 Å². The van der Waals surface area contributed by atoms with Crippen LogP contribution in [0.4, 0.5) is 0 Å². The van der Waals surface area contributed by atoms with Crippen molar-refractivity contribution in [2.45, 2.75) is 354 Å². The van der Waals surface area contributed by atoms with Crippen molar-refractivity contribution < 1.29 is 28.6 Å². The van der Waals surface area contributed by atoms with E-state index in [4.69, 9.17) is 14.2 Å². The summed E-state index contributed by atoms with van der Waals surface area (Å²) in [4.78, 5) is 38.4. The molecule has 6 heteroatoms. The summed E-state index contributed by atoms with van der Waals surface area (Å²) in [6.45, 7) is 6.56. The predicted octanol–water partition coefficient (Wildman–Crippen LogP) is 22.7. The lowest BCUT2D eigenvalue weighted by Crippen LogP contribution is -2.30. The van der Waals surface area contributed by atoms with E-state index in [9.17, 15) is 14.4 Å². The maximum Gasteiger partial charge on any atom is 0.306 e. The van der Waals surface area contributed by atoms with Gasteiger partial charge >= 0.3 is 17.9 Å². The summed E-state index contributed by atoms with van der Waals surface area (Å²) in [5, 5.41) is 0. The molecular weight excluding hydrogens is 937 g/mol. The van der Waals surface area contributed by atoms with Gasteiger partial charge in [-0.25, -0.2) is 0 Å². The van der Waals surface area contributed by atoms with E-state index in [1.54, 1.807) is 0 Å². The summed E-state index contributed by atoms with van der Waals surface area (Å²) in [6, 6.07) is 0. The van der Waals surface area contributed by atoms with Crippen LogP contribution in [0.3, 0.4) is 0 Å². The minimum Gasteiger partial charge on any atom is -0.462 e. The number of rotatable bonds is 61. The Kier molecular flexibility index (Phi) is 62.2. The van der Waals surface area contributed by atoms with E-state index in [1.165, 1.54) is 205 Å². The second-order valence-electron chi connectivity index (χ2n) is 22.4. The molecule has 0 aromatic heterocycles. The van der Waals surface area contributed by atoms with Gasteiger partial charge in [0.05, 0.1) is 0 Å². The second kappa shape index (κ2) is 64.6. The summed E-state index contributed by atoms with van der Waals surface area (Å²) < 4.78 is 17.0. The highest BCUT2D eigenvalue weighted by Gasteiger charge is 2.19. The zero-order chi connectivity index (χ0) is 55.0. The Balaban J connectivity index is 4.29. The molecule has 6 nitrogen and oxygen atoms in total. The van der Waals surface area contributed by atoms with Crippen LogP contribution in [0.15, 0.2) is 60.8 Å². The minimum absolute atomic E-state index is 0.0766. The van der Waals surface area contributed by atoms with Crippen molar-refractivity contribution >= 4 is 17.9 Å². The van der Waals surface area contributed by atoms with Crippen LogP contribution >= 0.6 is 0 Å². The molecule has 0 bridgehead atoms. The fraction of sp³-hybridized carbons (Fsp3) is 0.814. The molecule has 0 aromatic carbocycles. The van der Waals surface area contributed by atoms with Crippen LogP contribution in [0.25, 0.3) is 0 Å². The lowest BCUT2D eigenvalue weighted by atomic mass is 10.0. The topological polar surface area (TPSA) is 78.9 Å². The molecule has 1 atom stereocenters. The highest BCUT2D eigenvalue weighted by Crippen LogP contribution is 2.18. The van der Waals surface area contributed by atoms with Gasteiger partial charge in [0.1, 0.15) is 13.2 Å². The van der Waals surface area contributed by atoms with Crippen molar-refractivity contribution in [2.75, 3.05) is 13.2 Å². The van der Waals surface area contributed by atoms with Gasteiger partial charge in [-0.15, -0.1) is 0 Å². The van der Waals surface area contributed by atoms with E-state index in [0.717, 1.165) is 103 Å². The van der Waals surface area contributed by atoms with Gasteiger partial charge in [0.2, 0.25) is 0 Å². The Labute approximate surface area is 472 Å². The summed E-state index contributed by atoms with van der Waals surface area (Å²) in [7, 11) is 0. The zero-order valence-electron chi connectivity index (χ0n) is 50.8. The number of carbonyl (C=O) groups is 3. The van der Waals surface area contributed by atoms with E-state index in [2.05, 4.69) is 81.5 Å². The van der Waals surface area contributed by atoms with Crippen LogP contribution in [-0.2, 0) is 28.6 Å². The van der Waals surface area contributed by atoms with Crippen LogP contribution in [0.5, 0.6) is 0 Å². The van der Waals surface area contributed by atoms with Crippen LogP contribution < -0.4 is 0 Å². The molecule has 442 valence electrons. The third-order valence-corrected chi connectivity index (χ3v) is 14.8. The highest BCUT2D eigenvalue weighted by atomic mass is 16.6. The average Bonchev–Trinajstić information content (AvgIpc) is 3.42. The van der Waals surface area contributed by atoms with Crippen molar-refractivity contribution in [3.8, 4) is 0 Å². The van der Waals surface area contributed by atoms with Crippen LogP contribution in [0.2, 0.25) is 0 Å². The van der Waals surface area contributed by atoms with E-state index >= 15 is 0 Å². The number of carbonyl (C=O) groups excluding carboxylic acids is 3. The minimum atomic E-state index is -0.781. The second-order valence-corrected chi connectivity index (χ2v) is 22.4. The summed E-state index contributed by atoms with van der Waals surface area (Å²) in [6.07, 6.45) is 82.3. The SMILES string of the molecule is CC/C=C\C/C=C\C/C=C\CCCCCCCC(=O)OCC(COC(=O)CCCCCCCCCCCCCCC/C=C\C/C=C\CCCCCCC)OC(=O)CCCCCCCCCCCCCCCCCCCC. The number of esters is 3. The molecule has 0 rings (SSSR count). The Hall–Kier alpha value is -2.89. The third-order valence-electron chi connectivity index (χ3n) is 14.8. The number of allylic oxidation sites excluding steroid dienone is 10. The van der Waals surface area contributed by atoms with Crippen molar-refractivity contribution in [1.29, 1.82) is 0 Å². The highest BCUT2D eigenvalue weighted by molar-refractivity contribution is 5.71. The summed E-state index contributed by atoms with van der Waals surface area (Å²) in [5.41, 5.74) is 0. The van der Waals surface area contributed by atoms with E-state index < -0.39 is 6.10 Å². The number of hydrogen-bond acceptors (Lipinski definition) is 6. The summed E-state index contributed by atoms with van der Waals surface area (Å²) >= 11 is 0. The maximum atomic E-state index is 12.9. The molecule has 0 N–H and O–H groups in total. The number of unbranched alkanes of at least 4 members (excludes halogenated alkanes) is 40. The fourth-order valence-electron chi connectivity index (χ4n) is 9.79. The average molecular weight is 1060 g/mol. The predicted molar refractivity (Wildman–Crippen MR) is 330 cm³/mol. The lowest BCUT2D eigenvalue weighted by Gasteiger charge is -2.18. The van der Waals surface area contributed by atoms with Gasteiger partial charge in [0, 0.05) is 19.3 Å². The molecule has 0 fully saturated rings. The molecule has 0 aliphatic heterocycles. The molecule has 0 amide bonds. The molecule has 0 aromatic rings. The fourth-order valence-corrected chi connectivity index (χ4v) is 9.79. The normalized spacial score (nSPS) is 12.4. The Morgan fingerprint density at radius 2 is 0.513 bits per heavy atom. The smallest absolute Gasteiger partial charge is 0.306 e. The molecule has 76 heavy (non-hydrogen) atoms. The third kappa shape index (κ3) is 62.0. The molecule has 0 aliphatic rings. The van der Waals surface area contributed by atoms with Gasteiger partial charge in [0.15, 0.2) is 6.10 Å². The molecule has 0 aliphatic carbocycles. The van der Waals surface area contributed by atoms with Gasteiger partial charge in [-0.1, -0.05) is 306 Å². The number of hydrogen-bond donors (Lipinski definition) is 0. The molecule has 0 spiro atoms. The Morgan fingerprint density at radius 3 is 0.803 bits per heavy atom. The molecule has 1 unspecified atom stereocenters.